The first-order chi connectivity index (χ1) is 13.2. The predicted octanol–water partition coefficient (Wildman–Crippen LogP) is 3.44. The Bertz CT molecular complexity index is 901. The van der Waals surface area contributed by atoms with Gasteiger partial charge in [0.2, 0.25) is 0 Å². The van der Waals surface area contributed by atoms with Gasteiger partial charge in [0.25, 0.3) is 0 Å². The van der Waals surface area contributed by atoms with Crippen LogP contribution in [0.1, 0.15) is 42.4 Å². The smallest absolute Gasteiger partial charge is 0.181 e. The summed E-state index contributed by atoms with van der Waals surface area (Å²) in [6.45, 7) is 1.47. The molecule has 6 heteroatoms. The van der Waals surface area contributed by atoms with Crippen molar-refractivity contribution in [3.8, 4) is 29.4 Å². The van der Waals surface area contributed by atoms with E-state index in [0.717, 1.165) is 62.1 Å². The summed E-state index contributed by atoms with van der Waals surface area (Å²) >= 11 is 0. The number of aromatic nitrogens is 2. The number of nitrogens with zero attached hydrogens (tertiary/aromatic N) is 2. The van der Waals surface area contributed by atoms with Crippen molar-refractivity contribution < 1.29 is 14.2 Å². The highest BCUT2D eigenvalue weighted by Crippen LogP contribution is 2.38. The number of hydrogen-bond donors (Lipinski definition) is 2. The first kappa shape index (κ1) is 17.7. The zero-order chi connectivity index (χ0) is 18.8. The molecule has 2 N–H and O–H groups in total. The topological polar surface area (TPSA) is 67.3 Å². The third-order valence-corrected chi connectivity index (χ3v) is 5.32. The number of ether oxygens (including phenoxy) is 1. The van der Waals surface area contributed by atoms with E-state index >= 15 is 0 Å². The average Bonchev–Trinajstić information content (AvgIpc) is 2.71. The zero-order valence-electron chi connectivity index (χ0n) is 15.1. The largest absolute Gasteiger partial charge is 0.504 e. The van der Waals surface area contributed by atoms with Gasteiger partial charge in [0, 0.05) is 17.7 Å². The fourth-order valence-electron chi connectivity index (χ4n) is 3.90. The second-order valence-electron chi connectivity index (χ2n) is 7.09. The second kappa shape index (κ2) is 7.53. The van der Waals surface area contributed by atoms with Crippen molar-refractivity contribution in [2.24, 2.45) is 0 Å². The number of aromatic hydroxyl groups is 1. The van der Waals surface area contributed by atoms with E-state index in [4.69, 9.17) is 11.2 Å². The summed E-state index contributed by atoms with van der Waals surface area (Å²) in [7, 11) is 0. The monoisotopic (exact) mass is 367 g/mol. The second-order valence-corrected chi connectivity index (χ2v) is 7.09. The third kappa shape index (κ3) is 3.35. The van der Waals surface area contributed by atoms with Crippen LogP contribution < -0.4 is 5.32 Å². The maximum atomic E-state index is 14.3. The van der Waals surface area contributed by atoms with E-state index in [-0.39, 0.29) is 11.6 Å². The molecular weight excluding hydrogens is 345 g/mol. The van der Waals surface area contributed by atoms with Crippen molar-refractivity contribution in [2.75, 3.05) is 18.5 Å². The molecule has 2 aliphatic rings. The van der Waals surface area contributed by atoms with Crippen LogP contribution in [-0.2, 0) is 17.6 Å². The van der Waals surface area contributed by atoms with E-state index in [0.29, 0.717) is 17.9 Å². The lowest BCUT2D eigenvalue weighted by Gasteiger charge is -2.27. The average molecular weight is 367 g/mol. The molecule has 0 saturated carbocycles. The Morgan fingerprint density at radius 1 is 1.19 bits per heavy atom. The number of phenolic OH excluding ortho intramolecular Hbond substituents is 1. The van der Waals surface area contributed by atoms with Gasteiger partial charge in [-0.3, -0.25) is 0 Å². The molecule has 0 amide bonds. The van der Waals surface area contributed by atoms with Crippen LogP contribution in [0.4, 0.5) is 10.2 Å². The summed E-state index contributed by atoms with van der Waals surface area (Å²) in [5.41, 5.74) is 3.05. The highest BCUT2D eigenvalue weighted by atomic mass is 19.1. The first-order valence-corrected chi connectivity index (χ1v) is 9.40. The van der Waals surface area contributed by atoms with Gasteiger partial charge in [0.05, 0.1) is 18.2 Å². The summed E-state index contributed by atoms with van der Waals surface area (Å²) in [6.07, 6.45) is 11.2. The normalized spacial score (nSPS) is 19.2. The van der Waals surface area contributed by atoms with Gasteiger partial charge >= 0.3 is 0 Å². The van der Waals surface area contributed by atoms with E-state index in [9.17, 15) is 9.50 Å². The molecule has 1 aromatic carbocycles. The lowest BCUT2D eigenvalue weighted by molar-refractivity contribution is 0.0874. The Kier molecular flexibility index (Phi) is 4.95. The van der Waals surface area contributed by atoms with Crippen LogP contribution in [0.3, 0.4) is 0 Å². The van der Waals surface area contributed by atoms with Crippen molar-refractivity contribution in [1.29, 1.82) is 0 Å². The van der Waals surface area contributed by atoms with Crippen molar-refractivity contribution >= 4 is 5.82 Å². The molecule has 1 fully saturated rings. The fourth-order valence-corrected chi connectivity index (χ4v) is 3.90. The maximum absolute atomic E-state index is 14.3. The predicted molar refractivity (Wildman–Crippen MR) is 101 cm³/mol. The molecule has 0 bridgehead atoms. The number of phenols is 1. The number of anilines is 1. The summed E-state index contributed by atoms with van der Waals surface area (Å²) in [6, 6.07) is 3.34. The number of rotatable bonds is 3. The molecule has 0 spiro atoms. The molecular formula is C21H22FN3O2. The van der Waals surface area contributed by atoms with Crippen LogP contribution in [0.5, 0.6) is 5.75 Å². The Morgan fingerprint density at radius 3 is 2.74 bits per heavy atom. The van der Waals surface area contributed by atoms with Crippen molar-refractivity contribution in [2.45, 2.75) is 44.6 Å². The quantitative estimate of drug-likeness (QED) is 0.814. The molecule has 1 aromatic heterocycles. The van der Waals surface area contributed by atoms with Gasteiger partial charge in [0.15, 0.2) is 17.4 Å². The molecule has 1 aliphatic heterocycles. The van der Waals surface area contributed by atoms with Gasteiger partial charge < -0.3 is 15.2 Å². The lowest BCUT2D eigenvalue weighted by Crippen LogP contribution is -2.31. The zero-order valence-corrected chi connectivity index (χ0v) is 15.1. The van der Waals surface area contributed by atoms with Gasteiger partial charge in [-0.15, -0.1) is 16.6 Å². The molecule has 2 heterocycles. The molecule has 4 rings (SSSR count). The number of fused-ring (bicyclic) bond motifs is 1. The van der Waals surface area contributed by atoms with Crippen molar-refractivity contribution in [1.82, 2.24) is 10.2 Å². The fraction of sp³-hybridized carbons (Fsp3) is 0.429. The number of hydrogen-bond acceptors (Lipinski definition) is 5. The van der Waals surface area contributed by atoms with Crippen LogP contribution in [0.15, 0.2) is 12.1 Å². The van der Waals surface area contributed by atoms with Crippen LogP contribution >= 0.6 is 0 Å². The molecule has 1 aliphatic carbocycles. The van der Waals surface area contributed by atoms with Crippen molar-refractivity contribution in [3.63, 3.8) is 0 Å². The highest BCUT2D eigenvalue weighted by Gasteiger charge is 2.25. The van der Waals surface area contributed by atoms with E-state index in [1.165, 1.54) is 6.07 Å². The minimum atomic E-state index is -0.789. The summed E-state index contributed by atoms with van der Waals surface area (Å²) in [4.78, 5) is 0. The summed E-state index contributed by atoms with van der Waals surface area (Å²) < 4.78 is 19.8. The molecule has 0 unspecified atom stereocenters. The van der Waals surface area contributed by atoms with Gasteiger partial charge in [-0.25, -0.2) is 4.39 Å². The Balaban J connectivity index is 1.75. The van der Waals surface area contributed by atoms with E-state index in [1.807, 2.05) is 0 Å². The summed E-state index contributed by atoms with van der Waals surface area (Å²) in [5.74, 6) is 1.77. The van der Waals surface area contributed by atoms with Gasteiger partial charge in [-0.2, -0.15) is 0 Å². The van der Waals surface area contributed by atoms with Crippen LogP contribution in [-0.4, -0.2) is 34.6 Å². The minimum absolute atomic E-state index is 0.0358. The standard InChI is InChI=1S/C21H22FN3O2/c1-2-13-9-10-17(20(26)18(13)22)19-15-7-3-4-8-16(15)21(25-24-19)23-14-6-5-11-27-12-14/h1,9-10,14,26H,3-8,11-12H2,(H,23,25)/t14-/m1/s1. The molecule has 140 valence electrons. The summed E-state index contributed by atoms with van der Waals surface area (Å²) in [5, 5.41) is 22.5. The Morgan fingerprint density at radius 2 is 2.00 bits per heavy atom. The number of terminal acetylenes is 1. The Labute approximate surface area is 158 Å². The molecule has 2 aromatic rings. The highest BCUT2D eigenvalue weighted by molar-refractivity contribution is 5.74. The van der Waals surface area contributed by atoms with Crippen molar-refractivity contribution in [3.05, 3.63) is 34.6 Å². The number of nitrogens with one attached hydrogen (secondary N) is 1. The SMILES string of the molecule is C#Cc1ccc(-c2nnc(N[C@@H]3CCCOC3)c3c2CCCC3)c(O)c1F. The molecule has 5 nitrogen and oxygen atoms in total. The van der Waals surface area contributed by atoms with E-state index in [2.05, 4.69) is 21.4 Å². The maximum Gasteiger partial charge on any atom is 0.181 e. The van der Waals surface area contributed by atoms with E-state index in [1.54, 1.807) is 6.07 Å². The molecule has 27 heavy (non-hydrogen) atoms. The van der Waals surface area contributed by atoms with Gasteiger partial charge in [-0.1, -0.05) is 5.92 Å². The third-order valence-electron chi connectivity index (χ3n) is 5.32. The number of halogens is 1. The van der Waals surface area contributed by atoms with Crippen LogP contribution in [0.25, 0.3) is 11.3 Å². The van der Waals surface area contributed by atoms with Gasteiger partial charge in [-0.05, 0) is 56.2 Å². The number of benzene rings is 1. The van der Waals surface area contributed by atoms with Crippen LogP contribution in [0.2, 0.25) is 0 Å². The van der Waals surface area contributed by atoms with Crippen LogP contribution in [0, 0.1) is 18.2 Å². The Hall–Kier alpha value is -2.65. The van der Waals surface area contributed by atoms with Gasteiger partial charge in [0.1, 0.15) is 5.69 Å². The molecule has 1 atom stereocenters. The lowest BCUT2D eigenvalue weighted by atomic mass is 9.88. The first-order valence-electron chi connectivity index (χ1n) is 9.40. The minimum Gasteiger partial charge on any atom is -0.504 e. The van der Waals surface area contributed by atoms with E-state index < -0.39 is 11.6 Å². The molecule has 0 radical (unpaired) electrons. The molecule has 1 saturated heterocycles.